The first kappa shape index (κ1) is 8.44. The molecule has 0 aromatic heterocycles. The van der Waals surface area contributed by atoms with Gasteiger partial charge in [-0.1, -0.05) is 0 Å². The van der Waals surface area contributed by atoms with Gasteiger partial charge in [0.25, 0.3) is 0 Å². The van der Waals surface area contributed by atoms with Gasteiger partial charge in [0.15, 0.2) is 6.29 Å². The molecule has 0 spiro atoms. The molecule has 2 rings (SSSR count). The van der Waals surface area contributed by atoms with Crippen LogP contribution in [0.5, 0.6) is 0 Å². The van der Waals surface area contributed by atoms with E-state index in [1.54, 1.807) is 0 Å². The van der Waals surface area contributed by atoms with Gasteiger partial charge in [0.05, 0.1) is 13.2 Å². The lowest BCUT2D eigenvalue weighted by atomic mass is 10.2. The number of hydrogen-bond acceptors (Lipinski definition) is 4. The topological polar surface area (TPSA) is 47.9 Å². The molecule has 0 bridgehead atoms. The molecule has 4 heteroatoms. The van der Waals surface area contributed by atoms with E-state index in [0.29, 0.717) is 13.2 Å². The molecule has 2 aliphatic heterocycles. The molecule has 0 aromatic carbocycles. The molecule has 0 radical (unpaired) electrons. The molecule has 0 saturated carbocycles. The van der Waals surface area contributed by atoms with Crippen molar-refractivity contribution in [2.75, 3.05) is 19.8 Å². The molecule has 1 N–H and O–H groups in total. The summed E-state index contributed by atoms with van der Waals surface area (Å²) < 4.78 is 15.9. The van der Waals surface area contributed by atoms with Crippen LogP contribution in [0.4, 0.5) is 0 Å². The second kappa shape index (κ2) is 3.70. The van der Waals surface area contributed by atoms with Crippen LogP contribution in [0.15, 0.2) is 0 Å². The van der Waals surface area contributed by atoms with Crippen LogP contribution in [0, 0.1) is 0 Å². The molecule has 2 fully saturated rings. The zero-order valence-electron chi connectivity index (χ0n) is 6.94. The van der Waals surface area contributed by atoms with Gasteiger partial charge in [0.2, 0.25) is 0 Å². The van der Waals surface area contributed by atoms with Crippen LogP contribution in [0.3, 0.4) is 0 Å². The van der Waals surface area contributed by atoms with Crippen LogP contribution in [0.1, 0.15) is 12.8 Å². The smallest absolute Gasteiger partial charge is 0.183 e. The van der Waals surface area contributed by atoms with Crippen molar-refractivity contribution >= 4 is 0 Å². The minimum absolute atomic E-state index is 0.0810. The Bertz CT molecular complexity index is 136. The highest BCUT2D eigenvalue weighted by atomic mass is 16.7. The third-order valence-electron chi connectivity index (χ3n) is 2.17. The summed E-state index contributed by atoms with van der Waals surface area (Å²) in [5.74, 6) is 0. The fourth-order valence-corrected chi connectivity index (χ4v) is 1.54. The first-order valence-corrected chi connectivity index (χ1v) is 4.39. The van der Waals surface area contributed by atoms with Crippen LogP contribution in [-0.2, 0) is 14.2 Å². The minimum Gasteiger partial charge on any atom is -0.388 e. The quantitative estimate of drug-likeness (QED) is 0.603. The van der Waals surface area contributed by atoms with Crippen LogP contribution >= 0.6 is 0 Å². The molecule has 1 unspecified atom stereocenters. The Hall–Kier alpha value is -0.160. The zero-order valence-corrected chi connectivity index (χ0v) is 6.94. The van der Waals surface area contributed by atoms with Gasteiger partial charge in [-0.05, 0) is 12.8 Å². The Labute approximate surface area is 71.4 Å². The Kier molecular flexibility index (Phi) is 2.60. The second-order valence-electron chi connectivity index (χ2n) is 3.24. The van der Waals surface area contributed by atoms with Gasteiger partial charge < -0.3 is 19.3 Å². The summed E-state index contributed by atoms with van der Waals surface area (Å²) in [5.41, 5.74) is 0. The molecule has 4 nitrogen and oxygen atoms in total. The van der Waals surface area contributed by atoms with Crippen molar-refractivity contribution in [3.05, 3.63) is 0 Å². The third kappa shape index (κ3) is 1.77. The highest BCUT2D eigenvalue weighted by Crippen LogP contribution is 2.21. The summed E-state index contributed by atoms with van der Waals surface area (Å²) in [6.07, 6.45) is 1.44. The molecule has 0 amide bonds. The lowest BCUT2D eigenvalue weighted by molar-refractivity contribution is -0.251. The van der Waals surface area contributed by atoms with E-state index in [4.69, 9.17) is 19.3 Å². The van der Waals surface area contributed by atoms with Crippen molar-refractivity contribution in [3.63, 3.8) is 0 Å². The average molecular weight is 174 g/mol. The van der Waals surface area contributed by atoms with E-state index in [-0.39, 0.29) is 12.4 Å². The summed E-state index contributed by atoms with van der Waals surface area (Å²) in [7, 11) is 0. The van der Waals surface area contributed by atoms with Crippen molar-refractivity contribution in [3.8, 4) is 0 Å². The van der Waals surface area contributed by atoms with Crippen molar-refractivity contribution < 1.29 is 19.3 Å². The van der Waals surface area contributed by atoms with Gasteiger partial charge in [-0.25, -0.2) is 0 Å². The maximum absolute atomic E-state index is 9.08. The minimum atomic E-state index is -0.470. The van der Waals surface area contributed by atoms with Crippen molar-refractivity contribution in [2.45, 2.75) is 31.3 Å². The van der Waals surface area contributed by atoms with E-state index >= 15 is 0 Å². The Morgan fingerprint density at radius 2 is 1.83 bits per heavy atom. The monoisotopic (exact) mass is 174 g/mol. The van der Waals surface area contributed by atoms with E-state index in [2.05, 4.69) is 0 Å². The van der Waals surface area contributed by atoms with Crippen LogP contribution in [0.25, 0.3) is 0 Å². The highest BCUT2D eigenvalue weighted by molar-refractivity contribution is 4.72. The molecule has 2 saturated heterocycles. The van der Waals surface area contributed by atoms with E-state index in [1.165, 1.54) is 0 Å². The standard InChI is InChI=1S/C8H14O4/c9-6-4-11-8(12-5-6)7-2-1-3-10-7/h6-9H,1-5H2. The summed E-state index contributed by atoms with van der Waals surface area (Å²) in [4.78, 5) is 0. The number of rotatable bonds is 1. The molecule has 2 heterocycles. The predicted molar refractivity (Wildman–Crippen MR) is 40.7 cm³/mol. The lowest BCUT2D eigenvalue weighted by Crippen LogP contribution is -2.41. The zero-order chi connectivity index (χ0) is 8.39. The Balaban J connectivity index is 1.80. The van der Waals surface area contributed by atoms with E-state index in [9.17, 15) is 0 Å². The predicted octanol–water partition coefficient (Wildman–Crippen LogP) is -0.101. The van der Waals surface area contributed by atoms with Gasteiger partial charge >= 0.3 is 0 Å². The molecular formula is C8H14O4. The highest BCUT2D eigenvalue weighted by Gasteiger charge is 2.31. The van der Waals surface area contributed by atoms with Gasteiger partial charge in [-0.3, -0.25) is 0 Å². The number of hydrogen-bond donors (Lipinski definition) is 1. The first-order valence-electron chi connectivity index (χ1n) is 4.39. The van der Waals surface area contributed by atoms with E-state index in [1.807, 2.05) is 0 Å². The molecule has 0 aliphatic carbocycles. The first-order chi connectivity index (χ1) is 5.86. The third-order valence-corrected chi connectivity index (χ3v) is 2.17. The molecule has 70 valence electrons. The number of aliphatic hydroxyl groups is 1. The maximum Gasteiger partial charge on any atom is 0.183 e. The summed E-state index contributed by atoms with van der Waals surface area (Å²) >= 11 is 0. The van der Waals surface area contributed by atoms with Crippen molar-refractivity contribution in [2.24, 2.45) is 0 Å². The summed E-state index contributed by atoms with van der Waals surface area (Å²) in [5, 5.41) is 9.08. The normalized spacial score (nSPS) is 43.2. The fourth-order valence-electron chi connectivity index (χ4n) is 1.54. The summed E-state index contributed by atoms with van der Waals surface area (Å²) in [6.45, 7) is 1.53. The van der Waals surface area contributed by atoms with Crippen LogP contribution in [0.2, 0.25) is 0 Å². The fraction of sp³-hybridized carbons (Fsp3) is 1.00. The second-order valence-corrected chi connectivity index (χ2v) is 3.24. The van der Waals surface area contributed by atoms with Crippen molar-refractivity contribution in [1.82, 2.24) is 0 Å². The van der Waals surface area contributed by atoms with Crippen LogP contribution < -0.4 is 0 Å². The average Bonchev–Trinajstić information content (AvgIpc) is 2.58. The number of aliphatic hydroxyl groups excluding tert-OH is 1. The van der Waals surface area contributed by atoms with E-state index < -0.39 is 6.10 Å². The van der Waals surface area contributed by atoms with E-state index in [0.717, 1.165) is 19.4 Å². The van der Waals surface area contributed by atoms with Gasteiger partial charge in [-0.2, -0.15) is 0 Å². The maximum atomic E-state index is 9.08. The lowest BCUT2D eigenvalue weighted by Gasteiger charge is -2.29. The van der Waals surface area contributed by atoms with Crippen LogP contribution in [-0.4, -0.2) is 43.4 Å². The Morgan fingerprint density at radius 1 is 1.08 bits per heavy atom. The van der Waals surface area contributed by atoms with Gasteiger partial charge in [-0.15, -0.1) is 0 Å². The largest absolute Gasteiger partial charge is 0.388 e. The molecular weight excluding hydrogens is 160 g/mol. The molecule has 0 aromatic rings. The number of ether oxygens (including phenoxy) is 3. The summed E-state index contributed by atoms with van der Waals surface area (Å²) in [6, 6.07) is 0. The SMILES string of the molecule is OC1COC(C2CCCO2)OC1. The van der Waals surface area contributed by atoms with Crippen molar-refractivity contribution in [1.29, 1.82) is 0 Å². The van der Waals surface area contributed by atoms with Gasteiger partial charge in [0, 0.05) is 6.61 Å². The molecule has 12 heavy (non-hydrogen) atoms. The molecule has 2 aliphatic rings. The Morgan fingerprint density at radius 3 is 2.42 bits per heavy atom. The van der Waals surface area contributed by atoms with Gasteiger partial charge in [0.1, 0.15) is 12.2 Å². The molecule has 1 atom stereocenters.